The summed E-state index contributed by atoms with van der Waals surface area (Å²) in [5.74, 6) is -0.268. The summed E-state index contributed by atoms with van der Waals surface area (Å²) in [5.41, 5.74) is 6.56. The molecule has 7 heteroatoms. The highest BCUT2D eigenvalue weighted by Crippen LogP contribution is 2.20. The minimum atomic E-state index is -3.30. The Morgan fingerprint density at radius 1 is 1.19 bits per heavy atom. The van der Waals surface area contributed by atoms with Crippen molar-refractivity contribution in [2.24, 2.45) is 11.1 Å². The van der Waals surface area contributed by atoms with E-state index >= 15 is 0 Å². The second-order valence-corrected chi connectivity index (χ2v) is 7.93. The zero-order valence-electron chi connectivity index (χ0n) is 12.8. The van der Waals surface area contributed by atoms with E-state index in [1.807, 2.05) is 20.8 Å². The SMILES string of the molecule is CCS(=O)(=O)Nc1ccc(NC(=O)C(N)C(C)(C)C)cc1. The van der Waals surface area contributed by atoms with Crippen molar-refractivity contribution in [3.8, 4) is 0 Å². The molecule has 0 aliphatic heterocycles. The van der Waals surface area contributed by atoms with Gasteiger partial charge in [-0.3, -0.25) is 9.52 Å². The Kier molecular flexibility index (Phi) is 5.36. The number of rotatable bonds is 5. The van der Waals surface area contributed by atoms with Gasteiger partial charge in [0.2, 0.25) is 15.9 Å². The summed E-state index contributed by atoms with van der Waals surface area (Å²) in [6.45, 7) is 7.23. The van der Waals surface area contributed by atoms with Gasteiger partial charge in [-0.15, -0.1) is 0 Å². The zero-order chi connectivity index (χ0) is 16.3. The van der Waals surface area contributed by atoms with Gasteiger partial charge in [0.25, 0.3) is 0 Å². The Balaban J connectivity index is 2.74. The Morgan fingerprint density at radius 2 is 1.67 bits per heavy atom. The predicted octanol–water partition coefficient (Wildman–Crippen LogP) is 1.76. The fourth-order valence-corrected chi connectivity index (χ4v) is 2.13. The lowest BCUT2D eigenvalue weighted by atomic mass is 9.87. The summed E-state index contributed by atoms with van der Waals surface area (Å²) in [4.78, 5) is 12.0. The maximum absolute atomic E-state index is 12.0. The Morgan fingerprint density at radius 3 is 2.10 bits per heavy atom. The third kappa shape index (κ3) is 5.35. The predicted molar refractivity (Wildman–Crippen MR) is 85.6 cm³/mol. The van der Waals surface area contributed by atoms with E-state index in [9.17, 15) is 13.2 Å². The quantitative estimate of drug-likeness (QED) is 0.771. The van der Waals surface area contributed by atoms with Gasteiger partial charge in [0, 0.05) is 11.4 Å². The summed E-state index contributed by atoms with van der Waals surface area (Å²) >= 11 is 0. The molecule has 0 fully saturated rings. The van der Waals surface area contributed by atoms with Crippen LogP contribution in [0.2, 0.25) is 0 Å². The maximum Gasteiger partial charge on any atom is 0.241 e. The van der Waals surface area contributed by atoms with Gasteiger partial charge in [-0.1, -0.05) is 20.8 Å². The normalized spacial score (nSPS) is 13.6. The molecule has 0 bridgehead atoms. The first-order valence-corrected chi connectivity index (χ1v) is 8.37. The van der Waals surface area contributed by atoms with Gasteiger partial charge in [-0.25, -0.2) is 8.42 Å². The number of hydrogen-bond acceptors (Lipinski definition) is 4. The lowest BCUT2D eigenvalue weighted by Gasteiger charge is -2.25. The number of amides is 1. The van der Waals surface area contributed by atoms with E-state index in [-0.39, 0.29) is 17.1 Å². The first kappa shape index (κ1) is 17.5. The molecule has 0 aliphatic carbocycles. The first-order chi connectivity index (χ1) is 9.55. The number of carbonyl (C=O) groups excluding carboxylic acids is 1. The van der Waals surface area contributed by atoms with Crippen molar-refractivity contribution in [2.75, 3.05) is 15.8 Å². The van der Waals surface area contributed by atoms with E-state index in [1.165, 1.54) is 0 Å². The summed E-state index contributed by atoms with van der Waals surface area (Å²) < 4.78 is 25.3. The topological polar surface area (TPSA) is 101 Å². The van der Waals surface area contributed by atoms with E-state index in [4.69, 9.17) is 5.73 Å². The molecule has 1 aromatic carbocycles. The fourth-order valence-electron chi connectivity index (χ4n) is 1.49. The van der Waals surface area contributed by atoms with E-state index in [2.05, 4.69) is 10.0 Å². The van der Waals surface area contributed by atoms with E-state index in [0.29, 0.717) is 11.4 Å². The van der Waals surface area contributed by atoms with Crippen molar-refractivity contribution < 1.29 is 13.2 Å². The molecule has 21 heavy (non-hydrogen) atoms. The van der Waals surface area contributed by atoms with Crippen molar-refractivity contribution >= 4 is 27.3 Å². The molecule has 0 saturated heterocycles. The number of nitrogens with one attached hydrogen (secondary N) is 2. The van der Waals surface area contributed by atoms with Crippen molar-refractivity contribution in [1.82, 2.24) is 0 Å². The van der Waals surface area contributed by atoms with E-state index < -0.39 is 16.1 Å². The number of anilines is 2. The van der Waals surface area contributed by atoms with Gasteiger partial charge in [0.1, 0.15) is 0 Å². The zero-order valence-corrected chi connectivity index (χ0v) is 13.6. The molecule has 1 atom stereocenters. The largest absolute Gasteiger partial charge is 0.325 e. The molecule has 0 saturated carbocycles. The minimum absolute atomic E-state index is 0.00588. The highest BCUT2D eigenvalue weighted by molar-refractivity contribution is 7.92. The van der Waals surface area contributed by atoms with Crippen molar-refractivity contribution in [3.05, 3.63) is 24.3 Å². The van der Waals surface area contributed by atoms with Gasteiger partial charge < -0.3 is 11.1 Å². The molecule has 118 valence electrons. The maximum atomic E-state index is 12.0. The van der Waals surface area contributed by atoms with Crippen LogP contribution < -0.4 is 15.8 Å². The standard InChI is InChI=1S/C14H23N3O3S/c1-5-21(19,20)17-11-8-6-10(7-9-11)16-13(18)12(15)14(2,3)4/h6-9,12,17H,5,15H2,1-4H3,(H,16,18). The number of hydrogen-bond donors (Lipinski definition) is 3. The fraction of sp³-hybridized carbons (Fsp3) is 0.500. The van der Waals surface area contributed by atoms with Crippen LogP contribution in [0.1, 0.15) is 27.7 Å². The van der Waals surface area contributed by atoms with Crippen LogP contribution in [0.4, 0.5) is 11.4 Å². The molecule has 1 aromatic rings. The Labute approximate surface area is 126 Å². The summed E-state index contributed by atoms with van der Waals surface area (Å²) in [5, 5.41) is 2.71. The van der Waals surface area contributed by atoms with Gasteiger partial charge in [0.15, 0.2) is 0 Å². The molecule has 0 heterocycles. The number of carbonyl (C=O) groups is 1. The molecule has 0 aromatic heterocycles. The van der Waals surface area contributed by atoms with Crippen LogP contribution in [0.3, 0.4) is 0 Å². The minimum Gasteiger partial charge on any atom is -0.325 e. The second-order valence-electron chi connectivity index (χ2n) is 5.92. The molecule has 1 amide bonds. The summed E-state index contributed by atoms with van der Waals surface area (Å²) in [6.07, 6.45) is 0. The average molecular weight is 313 g/mol. The van der Waals surface area contributed by atoms with E-state index in [0.717, 1.165) is 0 Å². The number of benzene rings is 1. The Hall–Kier alpha value is -1.60. The van der Waals surface area contributed by atoms with Gasteiger partial charge >= 0.3 is 0 Å². The van der Waals surface area contributed by atoms with Crippen LogP contribution >= 0.6 is 0 Å². The smallest absolute Gasteiger partial charge is 0.241 e. The lowest BCUT2D eigenvalue weighted by molar-refractivity contribution is -0.119. The van der Waals surface area contributed by atoms with E-state index in [1.54, 1.807) is 31.2 Å². The van der Waals surface area contributed by atoms with Crippen LogP contribution in [0.15, 0.2) is 24.3 Å². The molecule has 1 rings (SSSR count). The summed E-state index contributed by atoms with van der Waals surface area (Å²) in [7, 11) is -3.30. The third-order valence-corrected chi connectivity index (χ3v) is 4.33. The molecule has 0 aliphatic rings. The van der Waals surface area contributed by atoms with Gasteiger partial charge in [0.05, 0.1) is 11.8 Å². The monoisotopic (exact) mass is 313 g/mol. The molecule has 1 unspecified atom stereocenters. The Bertz CT molecular complexity index is 589. The highest BCUT2D eigenvalue weighted by Gasteiger charge is 2.27. The molecular formula is C14H23N3O3S. The summed E-state index contributed by atoms with van der Waals surface area (Å²) in [6, 6.07) is 5.80. The average Bonchev–Trinajstić information content (AvgIpc) is 2.38. The molecule has 0 spiro atoms. The van der Waals surface area contributed by atoms with Gasteiger partial charge in [-0.05, 0) is 36.6 Å². The van der Waals surface area contributed by atoms with Crippen LogP contribution in [0.5, 0.6) is 0 Å². The van der Waals surface area contributed by atoms with Crippen molar-refractivity contribution in [1.29, 1.82) is 0 Å². The molecule has 4 N–H and O–H groups in total. The third-order valence-electron chi connectivity index (χ3n) is 3.02. The lowest BCUT2D eigenvalue weighted by Crippen LogP contribution is -2.45. The van der Waals surface area contributed by atoms with Crippen molar-refractivity contribution in [2.45, 2.75) is 33.7 Å². The second kappa shape index (κ2) is 6.44. The van der Waals surface area contributed by atoms with Crippen LogP contribution in [-0.2, 0) is 14.8 Å². The van der Waals surface area contributed by atoms with Crippen LogP contribution in [-0.4, -0.2) is 26.1 Å². The van der Waals surface area contributed by atoms with Crippen molar-refractivity contribution in [3.63, 3.8) is 0 Å². The van der Waals surface area contributed by atoms with Crippen LogP contribution in [0.25, 0.3) is 0 Å². The van der Waals surface area contributed by atoms with Gasteiger partial charge in [-0.2, -0.15) is 0 Å². The van der Waals surface area contributed by atoms with Crippen LogP contribution in [0, 0.1) is 5.41 Å². The first-order valence-electron chi connectivity index (χ1n) is 6.72. The molecule has 6 nitrogen and oxygen atoms in total. The molecular weight excluding hydrogens is 290 g/mol. The highest BCUT2D eigenvalue weighted by atomic mass is 32.2. The number of sulfonamides is 1. The molecule has 0 radical (unpaired) electrons. The number of nitrogens with two attached hydrogens (primary N) is 1.